The maximum atomic E-state index is 12.1. The fourth-order valence-corrected chi connectivity index (χ4v) is 4.77. The first-order valence-electron chi connectivity index (χ1n) is 11.3. The van der Waals surface area contributed by atoms with E-state index in [1.165, 1.54) is 0 Å². The van der Waals surface area contributed by atoms with Crippen LogP contribution in [0.15, 0.2) is 42.5 Å². The number of benzene rings is 2. The summed E-state index contributed by atoms with van der Waals surface area (Å²) < 4.78 is 7.57. The molecule has 4 rings (SSSR count). The number of nitrogens with zero attached hydrogens (tertiary/aromatic N) is 3. The molecule has 33 heavy (non-hydrogen) atoms. The molecule has 0 saturated carbocycles. The van der Waals surface area contributed by atoms with Gasteiger partial charge in [0.2, 0.25) is 5.95 Å². The minimum Gasteiger partial charge on any atom is -0.444 e. The van der Waals surface area contributed by atoms with E-state index in [1.807, 2.05) is 57.2 Å². The smallest absolute Gasteiger partial charge is 0.407 e. The van der Waals surface area contributed by atoms with Crippen LogP contribution >= 0.6 is 23.2 Å². The van der Waals surface area contributed by atoms with Crippen LogP contribution in [0.2, 0.25) is 10.0 Å². The average Bonchev–Trinajstić information content (AvgIpc) is 3.12. The lowest BCUT2D eigenvalue weighted by Gasteiger charge is -2.34. The van der Waals surface area contributed by atoms with E-state index in [2.05, 4.69) is 20.9 Å². The molecule has 3 aromatic rings. The summed E-state index contributed by atoms with van der Waals surface area (Å²) in [6.45, 7) is 8.41. The van der Waals surface area contributed by atoms with E-state index in [4.69, 9.17) is 32.9 Å². The fraction of sp³-hybridized carbons (Fsp3) is 0.440. The van der Waals surface area contributed by atoms with Crippen LogP contribution in [0.4, 0.5) is 10.7 Å². The van der Waals surface area contributed by atoms with Crippen molar-refractivity contribution in [2.75, 3.05) is 24.5 Å². The molecule has 1 atom stereocenters. The van der Waals surface area contributed by atoms with E-state index < -0.39 is 5.60 Å². The zero-order chi connectivity index (χ0) is 23.6. The highest BCUT2D eigenvalue weighted by molar-refractivity contribution is 6.36. The predicted molar refractivity (Wildman–Crippen MR) is 134 cm³/mol. The molecule has 1 fully saturated rings. The lowest BCUT2D eigenvalue weighted by Crippen LogP contribution is -2.43. The third-order valence-electron chi connectivity index (χ3n) is 5.75. The van der Waals surface area contributed by atoms with Gasteiger partial charge in [0.25, 0.3) is 0 Å². The number of carbonyl (C=O) groups excluding carboxylic acids is 1. The van der Waals surface area contributed by atoms with Crippen molar-refractivity contribution in [3.63, 3.8) is 0 Å². The summed E-state index contributed by atoms with van der Waals surface area (Å²) in [7, 11) is 0. The van der Waals surface area contributed by atoms with Gasteiger partial charge in [0, 0.05) is 35.2 Å². The molecule has 0 spiro atoms. The number of hydrogen-bond acceptors (Lipinski definition) is 4. The third-order valence-corrected chi connectivity index (χ3v) is 6.46. The third kappa shape index (κ3) is 5.74. The van der Waals surface area contributed by atoms with E-state index in [9.17, 15) is 4.79 Å². The standard InChI is InChI=1S/C25H30Cl2N4O2/c1-25(2,3)33-24(32)28-14-17-8-7-13-30(15-17)23-29-21-11-4-5-12-22(21)31(23)16-18-19(26)9-6-10-20(18)27/h4-6,9-12,17H,7-8,13-16H2,1-3H3,(H,28,32)/t17-/m1/s1. The Balaban J connectivity index is 1.56. The van der Waals surface area contributed by atoms with Crippen LogP contribution in [0.1, 0.15) is 39.2 Å². The number of ether oxygens (including phenoxy) is 1. The van der Waals surface area contributed by atoms with E-state index in [1.54, 1.807) is 0 Å². The summed E-state index contributed by atoms with van der Waals surface area (Å²) in [4.78, 5) is 19.4. The number of alkyl carbamates (subject to hydrolysis) is 1. The molecule has 2 aromatic carbocycles. The molecular weight excluding hydrogens is 459 g/mol. The number of aromatic nitrogens is 2. The minimum absolute atomic E-state index is 0.309. The van der Waals surface area contributed by atoms with Gasteiger partial charge in [0.1, 0.15) is 5.60 Å². The molecule has 1 aromatic heterocycles. The SMILES string of the molecule is CC(C)(C)OC(=O)NC[C@H]1CCCN(c2nc3ccccc3n2Cc2c(Cl)cccc2Cl)C1. The molecule has 0 aliphatic carbocycles. The Morgan fingerprint density at radius 1 is 1.15 bits per heavy atom. The highest BCUT2D eigenvalue weighted by Crippen LogP contribution is 2.31. The number of piperidine rings is 1. The molecular formula is C25H30Cl2N4O2. The molecule has 0 bridgehead atoms. The first kappa shape index (κ1) is 23.7. The molecule has 0 unspecified atom stereocenters. The molecule has 0 radical (unpaired) electrons. The Morgan fingerprint density at radius 3 is 2.61 bits per heavy atom. The van der Waals surface area contributed by atoms with Crippen LogP contribution in [-0.4, -0.2) is 40.9 Å². The van der Waals surface area contributed by atoms with E-state index in [-0.39, 0.29) is 6.09 Å². The fourth-order valence-electron chi connectivity index (χ4n) is 4.26. The van der Waals surface area contributed by atoms with Crippen molar-refractivity contribution in [1.82, 2.24) is 14.9 Å². The number of rotatable bonds is 5. The first-order chi connectivity index (χ1) is 15.7. The number of hydrogen-bond donors (Lipinski definition) is 1. The van der Waals surface area contributed by atoms with Gasteiger partial charge in [-0.2, -0.15) is 0 Å². The molecule has 2 heterocycles. The number of halogens is 2. The van der Waals surface area contributed by atoms with Gasteiger partial charge in [-0.05, 0) is 63.8 Å². The van der Waals surface area contributed by atoms with Crippen molar-refractivity contribution >= 4 is 46.3 Å². The molecule has 1 amide bonds. The van der Waals surface area contributed by atoms with E-state index in [0.29, 0.717) is 29.1 Å². The summed E-state index contributed by atoms with van der Waals surface area (Å²) >= 11 is 13.0. The molecule has 6 nitrogen and oxygen atoms in total. The highest BCUT2D eigenvalue weighted by Gasteiger charge is 2.26. The summed E-state index contributed by atoms with van der Waals surface area (Å²) in [5, 5.41) is 4.21. The van der Waals surface area contributed by atoms with Crippen molar-refractivity contribution in [2.45, 2.75) is 45.8 Å². The summed E-state index contributed by atoms with van der Waals surface area (Å²) in [6.07, 6.45) is 1.69. The molecule has 1 aliphatic rings. The molecule has 1 N–H and O–H groups in total. The van der Waals surface area contributed by atoms with E-state index >= 15 is 0 Å². The second kappa shape index (κ2) is 9.82. The van der Waals surface area contributed by atoms with Gasteiger partial charge >= 0.3 is 6.09 Å². The van der Waals surface area contributed by atoms with Crippen molar-refractivity contribution in [3.05, 3.63) is 58.1 Å². The Kier molecular flexibility index (Phi) is 7.05. The number of anilines is 1. The van der Waals surface area contributed by atoms with Crippen LogP contribution in [-0.2, 0) is 11.3 Å². The van der Waals surface area contributed by atoms with E-state index in [0.717, 1.165) is 48.5 Å². The second-order valence-corrected chi connectivity index (χ2v) is 10.3. The van der Waals surface area contributed by atoms with Crippen LogP contribution in [0.3, 0.4) is 0 Å². The Hall–Kier alpha value is -2.44. The number of carbonyl (C=O) groups is 1. The maximum absolute atomic E-state index is 12.1. The van der Waals surface area contributed by atoms with Crippen molar-refractivity contribution in [2.24, 2.45) is 5.92 Å². The quantitative estimate of drug-likeness (QED) is 0.468. The number of fused-ring (bicyclic) bond motifs is 1. The zero-order valence-corrected chi connectivity index (χ0v) is 20.8. The molecule has 8 heteroatoms. The summed E-state index contributed by atoms with van der Waals surface area (Å²) in [5.41, 5.74) is 2.35. The average molecular weight is 489 g/mol. The Bertz CT molecular complexity index is 1120. The van der Waals surface area contributed by atoms with Gasteiger partial charge < -0.3 is 19.5 Å². The number of para-hydroxylation sites is 2. The monoisotopic (exact) mass is 488 g/mol. The van der Waals surface area contributed by atoms with Gasteiger partial charge in [0.05, 0.1) is 17.6 Å². The second-order valence-electron chi connectivity index (χ2n) is 9.52. The number of amides is 1. The predicted octanol–water partition coefficient (Wildman–Crippen LogP) is 6.13. The largest absolute Gasteiger partial charge is 0.444 e. The number of nitrogens with one attached hydrogen (secondary N) is 1. The van der Waals surface area contributed by atoms with Gasteiger partial charge in [-0.25, -0.2) is 9.78 Å². The van der Waals surface area contributed by atoms with Gasteiger partial charge in [0.15, 0.2) is 0 Å². The van der Waals surface area contributed by atoms with Crippen LogP contribution in [0.25, 0.3) is 11.0 Å². The van der Waals surface area contributed by atoms with Crippen molar-refractivity contribution in [3.8, 4) is 0 Å². The Labute approximate surface area is 204 Å². The minimum atomic E-state index is -0.506. The van der Waals surface area contributed by atoms with Gasteiger partial charge in [-0.15, -0.1) is 0 Å². The lowest BCUT2D eigenvalue weighted by atomic mass is 9.98. The van der Waals surface area contributed by atoms with Crippen molar-refractivity contribution < 1.29 is 9.53 Å². The normalized spacial score (nSPS) is 16.8. The molecule has 176 valence electrons. The topological polar surface area (TPSA) is 59.4 Å². The van der Waals surface area contributed by atoms with Gasteiger partial charge in [-0.1, -0.05) is 41.4 Å². The lowest BCUT2D eigenvalue weighted by molar-refractivity contribution is 0.0517. The van der Waals surface area contributed by atoms with Crippen LogP contribution in [0, 0.1) is 5.92 Å². The first-order valence-corrected chi connectivity index (χ1v) is 12.1. The zero-order valence-electron chi connectivity index (χ0n) is 19.3. The van der Waals surface area contributed by atoms with Gasteiger partial charge in [-0.3, -0.25) is 0 Å². The van der Waals surface area contributed by atoms with Crippen LogP contribution in [0.5, 0.6) is 0 Å². The Morgan fingerprint density at radius 2 is 1.88 bits per heavy atom. The number of imidazole rings is 1. The molecule has 1 saturated heterocycles. The highest BCUT2D eigenvalue weighted by atomic mass is 35.5. The summed E-state index contributed by atoms with van der Waals surface area (Å²) in [6, 6.07) is 13.7. The van der Waals surface area contributed by atoms with Crippen molar-refractivity contribution in [1.29, 1.82) is 0 Å². The molecule has 1 aliphatic heterocycles. The summed E-state index contributed by atoms with van der Waals surface area (Å²) in [5.74, 6) is 1.21. The maximum Gasteiger partial charge on any atom is 0.407 e. The van der Waals surface area contributed by atoms with Crippen LogP contribution < -0.4 is 10.2 Å².